The van der Waals surface area contributed by atoms with Gasteiger partial charge in [0.2, 0.25) is 0 Å². The fourth-order valence-corrected chi connectivity index (χ4v) is 3.57. The smallest absolute Gasteiger partial charge is 0.267 e. The van der Waals surface area contributed by atoms with Crippen molar-refractivity contribution >= 4 is 34.4 Å². The minimum absolute atomic E-state index is 0.184. The van der Waals surface area contributed by atoms with E-state index in [1.54, 1.807) is 17.0 Å². The first-order valence-corrected chi connectivity index (χ1v) is 8.14. The maximum absolute atomic E-state index is 13.8. The van der Waals surface area contributed by atoms with Gasteiger partial charge < -0.3 is 0 Å². The van der Waals surface area contributed by atoms with Gasteiger partial charge >= 0.3 is 0 Å². The van der Waals surface area contributed by atoms with E-state index in [-0.39, 0.29) is 18.3 Å². The van der Waals surface area contributed by atoms with Crippen LogP contribution in [0.4, 0.5) is 10.1 Å². The number of nitrogens with zero attached hydrogens (tertiary/aromatic N) is 3. The van der Waals surface area contributed by atoms with Crippen LogP contribution in [-0.2, 0) is 10.5 Å². The number of thioether (sulfide) groups is 1. The number of hydrogen-bond donors (Lipinski definition) is 0. The molecular formula is C17H12FN3OS. The lowest BCUT2D eigenvalue weighted by atomic mass is 10.1. The molecule has 0 unspecified atom stereocenters. The minimum Gasteiger partial charge on any atom is -0.295 e. The summed E-state index contributed by atoms with van der Waals surface area (Å²) in [6.07, 6.45) is 0. The number of halogens is 1. The van der Waals surface area contributed by atoms with Gasteiger partial charge in [-0.1, -0.05) is 42.1 Å². The molecule has 4 rings (SSSR count). The van der Waals surface area contributed by atoms with E-state index in [1.165, 1.54) is 17.8 Å². The molecule has 114 valence electrons. The SMILES string of the molecule is O=C1CN2C(SCc3ccccc3F)=Nc3ccccc3C2=N1. The van der Waals surface area contributed by atoms with E-state index in [2.05, 4.69) is 9.98 Å². The van der Waals surface area contributed by atoms with Crippen LogP contribution in [0.25, 0.3) is 0 Å². The van der Waals surface area contributed by atoms with Gasteiger partial charge in [0.1, 0.15) is 18.2 Å². The Balaban J connectivity index is 1.66. The molecule has 2 heterocycles. The maximum Gasteiger partial charge on any atom is 0.267 e. The zero-order chi connectivity index (χ0) is 15.8. The molecule has 0 N–H and O–H groups in total. The molecule has 0 saturated heterocycles. The molecule has 2 aromatic carbocycles. The van der Waals surface area contributed by atoms with Crippen LogP contribution in [0.1, 0.15) is 11.1 Å². The second kappa shape index (κ2) is 5.62. The van der Waals surface area contributed by atoms with Gasteiger partial charge in [0, 0.05) is 11.3 Å². The Kier molecular flexibility index (Phi) is 3.46. The summed E-state index contributed by atoms with van der Waals surface area (Å²) < 4.78 is 13.8. The molecule has 23 heavy (non-hydrogen) atoms. The van der Waals surface area contributed by atoms with E-state index in [4.69, 9.17) is 0 Å². The third kappa shape index (κ3) is 2.55. The summed E-state index contributed by atoms with van der Waals surface area (Å²) in [6.45, 7) is 0.187. The molecule has 0 spiro atoms. The van der Waals surface area contributed by atoms with Crippen molar-refractivity contribution in [3.8, 4) is 0 Å². The molecule has 0 fully saturated rings. The number of carbonyl (C=O) groups is 1. The van der Waals surface area contributed by atoms with Gasteiger partial charge in [-0.3, -0.25) is 9.69 Å². The van der Waals surface area contributed by atoms with Crippen molar-refractivity contribution in [1.29, 1.82) is 0 Å². The van der Waals surface area contributed by atoms with Crippen molar-refractivity contribution in [2.24, 2.45) is 9.98 Å². The van der Waals surface area contributed by atoms with Crippen LogP contribution < -0.4 is 0 Å². The first-order valence-electron chi connectivity index (χ1n) is 7.16. The van der Waals surface area contributed by atoms with Gasteiger partial charge in [-0.15, -0.1) is 0 Å². The summed E-state index contributed by atoms with van der Waals surface area (Å²) in [5.41, 5.74) is 2.25. The number of para-hydroxylation sites is 1. The molecule has 0 radical (unpaired) electrons. The summed E-state index contributed by atoms with van der Waals surface area (Å²) in [5.74, 6) is 0.668. The van der Waals surface area contributed by atoms with Gasteiger partial charge in [-0.05, 0) is 23.8 Å². The number of fused-ring (bicyclic) bond motifs is 3. The van der Waals surface area contributed by atoms with E-state index < -0.39 is 0 Å². The molecular weight excluding hydrogens is 313 g/mol. The fourth-order valence-electron chi connectivity index (χ4n) is 2.58. The van der Waals surface area contributed by atoms with E-state index in [1.807, 2.05) is 30.3 Å². The lowest BCUT2D eigenvalue weighted by Crippen LogP contribution is -2.36. The van der Waals surface area contributed by atoms with Crippen LogP contribution in [0, 0.1) is 5.82 Å². The predicted octanol–water partition coefficient (Wildman–Crippen LogP) is 3.35. The molecule has 2 aliphatic rings. The molecule has 0 saturated carbocycles. The first-order chi connectivity index (χ1) is 11.2. The highest BCUT2D eigenvalue weighted by molar-refractivity contribution is 8.13. The number of aliphatic imine (C=N–C) groups is 2. The lowest BCUT2D eigenvalue weighted by Gasteiger charge is -2.26. The highest BCUT2D eigenvalue weighted by Gasteiger charge is 2.33. The molecule has 6 heteroatoms. The van der Waals surface area contributed by atoms with Crippen molar-refractivity contribution in [3.05, 3.63) is 65.5 Å². The van der Waals surface area contributed by atoms with E-state index >= 15 is 0 Å². The van der Waals surface area contributed by atoms with Crippen LogP contribution >= 0.6 is 11.8 Å². The average Bonchev–Trinajstić information content (AvgIpc) is 2.96. The Bertz CT molecular complexity index is 862. The van der Waals surface area contributed by atoms with Crippen molar-refractivity contribution in [2.45, 2.75) is 5.75 Å². The summed E-state index contributed by atoms with van der Waals surface area (Å²) >= 11 is 1.41. The Morgan fingerprint density at radius 3 is 2.74 bits per heavy atom. The van der Waals surface area contributed by atoms with Gasteiger partial charge in [-0.25, -0.2) is 9.38 Å². The second-order valence-electron chi connectivity index (χ2n) is 5.21. The normalized spacial score (nSPS) is 15.9. The molecule has 0 atom stereocenters. The van der Waals surface area contributed by atoms with Gasteiger partial charge in [0.25, 0.3) is 5.91 Å². The molecule has 1 amide bonds. The van der Waals surface area contributed by atoms with Crippen LogP contribution in [0.2, 0.25) is 0 Å². The van der Waals surface area contributed by atoms with Crippen molar-refractivity contribution in [1.82, 2.24) is 4.90 Å². The highest BCUT2D eigenvalue weighted by Crippen LogP contribution is 2.32. The van der Waals surface area contributed by atoms with Crippen molar-refractivity contribution < 1.29 is 9.18 Å². The molecule has 4 nitrogen and oxygen atoms in total. The Labute approximate surface area is 136 Å². The molecule has 2 aromatic rings. The van der Waals surface area contributed by atoms with Crippen molar-refractivity contribution in [2.75, 3.05) is 6.54 Å². The van der Waals surface area contributed by atoms with Crippen LogP contribution in [-0.4, -0.2) is 28.4 Å². The monoisotopic (exact) mass is 325 g/mol. The third-order valence-electron chi connectivity index (χ3n) is 3.69. The Morgan fingerprint density at radius 1 is 1.09 bits per heavy atom. The lowest BCUT2D eigenvalue weighted by molar-refractivity contribution is -0.116. The van der Waals surface area contributed by atoms with E-state index in [0.717, 1.165) is 11.3 Å². The maximum atomic E-state index is 13.8. The first kappa shape index (κ1) is 14.1. The third-order valence-corrected chi connectivity index (χ3v) is 4.71. The van der Waals surface area contributed by atoms with Crippen molar-refractivity contribution in [3.63, 3.8) is 0 Å². The summed E-state index contributed by atoms with van der Waals surface area (Å²) in [4.78, 5) is 22.3. The van der Waals surface area contributed by atoms with Gasteiger partial charge in [-0.2, -0.15) is 4.99 Å². The number of amides is 1. The quantitative estimate of drug-likeness (QED) is 0.850. The number of rotatable bonds is 2. The summed E-state index contributed by atoms with van der Waals surface area (Å²) in [5, 5.41) is 0.677. The average molecular weight is 325 g/mol. The molecule has 2 aliphatic heterocycles. The molecule has 0 aliphatic carbocycles. The van der Waals surface area contributed by atoms with Gasteiger partial charge in [0.15, 0.2) is 5.17 Å². The largest absolute Gasteiger partial charge is 0.295 e. The summed E-state index contributed by atoms with van der Waals surface area (Å²) in [6, 6.07) is 14.3. The van der Waals surface area contributed by atoms with Crippen LogP contribution in [0.15, 0.2) is 58.5 Å². The van der Waals surface area contributed by atoms with Gasteiger partial charge in [0.05, 0.1) is 5.69 Å². The van der Waals surface area contributed by atoms with E-state index in [9.17, 15) is 9.18 Å². The second-order valence-corrected chi connectivity index (χ2v) is 6.15. The molecule has 0 aromatic heterocycles. The number of carbonyl (C=O) groups excluding carboxylic acids is 1. The Hall–Kier alpha value is -2.47. The number of hydrogen-bond acceptors (Lipinski definition) is 4. The van der Waals surface area contributed by atoms with Crippen LogP contribution in [0.3, 0.4) is 0 Å². The number of amidine groups is 2. The number of benzene rings is 2. The van der Waals surface area contributed by atoms with E-state index in [0.29, 0.717) is 22.3 Å². The van der Waals surface area contributed by atoms with Crippen LogP contribution in [0.5, 0.6) is 0 Å². The standard InChI is InChI=1S/C17H12FN3OS/c18-13-7-3-1-5-11(13)10-23-17-19-14-8-4-2-6-12(14)16-20-15(22)9-21(16)17/h1-8H,9-10H2. The Morgan fingerprint density at radius 2 is 1.87 bits per heavy atom. The highest BCUT2D eigenvalue weighted by atomic mass is 32.2. The predicted molar refractivity (Wildman–Crippen MR) is 89.5 cm³/mol. The topological polar surface area (TPSA) is 45.0 Å². The summed E-state index contributed by atoms with van der Waals surface area (Å²) in [7, 11) is 0. The zero-order valence-corrected chi connectivity index (χ0v) is 12.9. The molecule has 0 bridgehead atoms. The minimum atomic E-state index is -0.233. The zero-order valence-electron chi connectivity index (χ0n) is 12.1. The fraction of sp³-hybridized carbons (Fsp3) is 0.118.